The molecule has 3 N–H and O–H groups in total. The summed E-state index contributed by atoms with van der Waals surface area (Å²) in [5.74, 6) is -3.46. The van der Waals surface area contributed by atoms with Crippen LogP contribution in [0.2, 0.25) is 0 Å². The molecule has 2 aliphatic rings. The number of carbonyl (C=O) groups is 3. The Morgan fingerprint density at radius 2 is 1.56 bits per heavy atom. The number of hydrogen-bond acceptors (Lipinski definition) is 4. The quantitative estimate of drug-likeness (QED) is 0.585. The van der Waals surface area contributed by atoms with Crippen LogP contribution in [0, 0.1) is 0 Å². The van der Waals surface area contributed by atoms with Gasteiger partial charge in [-0.2, -0.15) is 13.2 Å². The van der Waals surface area contributed by atoms with Crippen molar-refractivity contribution >= 4 is 18.0 Å². The molecule has 0 heterocycles. The molecule has 2 aromatic carbocycles. The molecule has 2 aromatic rings. The van der Waals surface area contributed by atoms with Gasteiger partial charge in [0.25, 0.3) is 5.91 Å². The van der Waals surface area contributed by atoms with E-state index in [0.717, 1.165) is 22.3 Å². The lowest BCUT2D eigenvalue weighted by molar-refractivity contribution is -0.196. The van der Waals surface area contributed by atoms with E-state index in [2.05, 4.69) is 0 Å². The Balaban J connectivity index is 1.49. The lowest BCUT2D eigenvalue weighted by Gasteiger charge is -2.41. The van der Waals surface area contributed by atoms with Crippen LogP contribution in [-0.2, 0) is 14.3 Å². The van der Waals surface area contributed by atoms with E-state index in [1.165, 1.54) is 0 Å². The fourth-order valence-corrected chi connectivity index (χ4v) is 4.36. The van der Waals surface area contributed by atoms with Gasteiger partial charge in [-0.15, -0.1) is 0 Å². The van der Waals surface area contributed by atoms with Gasteiger partial charge in [0.05, 0.1) is 0 Å². The Morgan fingerprint density at radius 1 is 1.03 bits per heavy atom. The molecule has 180 valence electrons. The van der Waals surface area contributed by atoms with Crippen LogP contribution in [0.1, 0.15) is 43.2 Å². The second-order valence-corrected chi connectivity index (χ2v) is 8.77. The van der Waals surface area contributed by atoms with Gasteiger partial charge < -0.3 is 15.2 Å². The standard InChI is InChI=1S/C24H23F3N2O5/c1-22(24(25,26)27,19(30)28-23(20(31)32)11-6-12-23)29-21(33)34-13-18-16-9-4-2-7-14(16)15-8-3-5-10-17(15)18/h2-5,7-10,18H,6,11-13H2,1H3,(H,28,30)(H,29,33)(H,31,32). The number of benzene rings is 2. The number of amides is 2. The number of rotatable bonds is 6. The Kier molecular flexibility index (Phi) is 5.79. The third-order valence-corrected chi connectivity index (χ3v) is 6.69. The number of ether oxygens (including phenoxy) is 1. The van der Waals surface area contributed by atoms with E-state index in [0.29, 0.717) is 13.3 Å². The number of carboxylic acid groups (broad SMARTS) is 1. The number of aliphatic carboxylic acids is 1. The molecule has 7 nitrogen and oxygen atoms in total. The van der Waals surface area contributed by atoms with E-state index in [4.69, 9.17) is 4.74 Å². The number of nitrogens with one attached hydrogen (secondary N) is 2. The second-order valence-electron chi connectivity index (χ2n) is 8.77. The van der Waals surface area contributed by atoms with Crippen molar-refractivity contribution in [3.8, 4) is 11.1 Å². The summed E-state index contributed by atoms with van der Waals surface area (Å²) in [6.45, 7) is 0.243. The molecular weight excluding hydrogens is 453 g/mol. The highest BCUT2D eigenvalue weighted by molar-refractivity contribution is 5.95. The number of hydrogen-bond donors (Lipinski definition) is 3. The first-order chi connectivity index (χ1) is 16.0. The molecule has 1 atom stereocenters. The molecule has 34 heavy (non-hydrogen) atoms. The number of halogens is 3. The van der Waals surface area contributed by atoms with E-state index in [1.54, 1.807) is 5.32 Å². The highest BCUT2D eigenvalue weighted by Crippen LogP contribution is 2.44. The molecule has 1 saturated carbocycles. The van der Waals surface area contributed by atoms with Crippen molar-refractivity contribution in [1.29, 1.82) is 0 Å². The summed E-state index contributed by atoms with van der Waals surface area (Å²) in [5, 5.41) is 12.9. The van der Waals surface area contributed by atoms with Crippen LogP contribution in [0.4, 0.5) is 18.0 Å². The fraction of sp³-hybridized carbons (Fsp3) is 0.375. The van der Waals surface area contributed by atoms with E-state index in [-0.39, 0.29) is 25.4 Å². The number of fused-ring (bicyclic) bond motifs is 3. The van der Waals surface area contributed by atoms with E-state index < -0.39 is 35.2 Å². The minimum absolute atomic E-state index is 0.00690. The Morgan fingerprint density at radius 3 is 2.00 bits per heavy atom. The number of carboxylic acids is 1. The average molecular weight is 476 g/mol. The van der Waals surface area contributed by atoms with Crippen molar-refractivity contribution < 1.29 is 37.4 Å². The van der Waals surface area contributed by atoms with E-state index >= 15 is 0 Å². The SMILES string of the molecule is CC(NC(=O)OCC1c2ccccc2-c2ccccc21)(C(=O)NC1(C(=O)O)CCC1)C(F)(F)F. The molecule has 0 aromatic heterocycles. The summed E-state index contributed by atoms with van der Waals surface area (Å²) >= 11 is 0. The Labute approximate surface area is 193 Å². The zero-order valence-electron chi connectivity index (χ0n) is 18.2. The van der Waals surface area contributed by atoms with Crippen molar-refractivity contribution in [2.45, 2.75) is 49.4 Å². The molecule has 0 saturated heterocycles. The van der Waals surface area contributed by atoms with Crippen LogP contribution in [0.5, 0.6) is 0 Å². The highest BCUT2D eigenvalue weighted by atomic mass is 19.4. The van der Waals surface area contributed by atoms with Crippen molar-refractivity contribution in [3.05, 3.63) is 59.7 Å². The van der Waals surface area contributed by atoms with Gasteiger partial charge in [0.15, 0.2) is 0 Å². The minimum Gasteiger partial charge on any atom is -0.480 e. The van der Waals surface area contributed by atoms with Crippen LogP contribution in [0.3, 0.4) is 0 Å². The van der Waals surface area contributed by atoms with Crippen molar-refractivity contribution in [2.24, 2.45) is 0 Å². The van der Waals surface area contributed by atoms with Gasteiger partial charge in [-0.1, -0.05) is 48.5 Å². The Bertz CT molecular complexity index is 1100. The van der Waals surface area contributed by atoms with Crippen LogP contribution < -0.4 is 10.6 Å². The van der Waals surface area contributed by atoms with Crippen LogP contribution in [0.15, 0.2) is 48.5 Å². The smallest absolute Gasteiger partial charge is 0.420 e. The van der Waals surface area contributed by atoms with Gasteiger partial charge >= 0.3 is 18.2 Å². The maximum Gasteiger partial charge on any atom is 0.420 e. The van der Waals surface area contributed by atoms with E-state index in [1.807, 2.05) is 53.8 Å². The fourth-order valence-electron chi connectivity index (χ4n) is 4.36. The summed E-state index contributed by atoms with van der Waals surface area (Å²) in [5.41, 5.74) is -1.50. The van der Waals surface area contributed by atoms with Crippen molar-refractivity contribution in [3.63, 3.8) is 0 Å². The lowest BCUT2D eigenvalue weighted by atomic mass is 9.76. The van der Waals surface area contributed by atoms with Gasteiger partial charge in [0.1, 0.15) is 12.1 Å². The summed E-state index contributed by atoms with van der Waals surface area (Å²) in [6.07, 6.45) is -6.17. The maximum atomic E-state index is 13.9. The molecule has 0 bridgehead atoms. The molecular formula is C24H23F3N2O5. The van der Waals surface area contributed by atoms with Crippen LogP contribution in [-0.4, -0.2) is 46.9 Å². The van der Waals surface area contributed by atoms with Crippen LogP contribution in [0.25, 0.3) is 11.1 Å². The molecule has 10 heteroatoms. The average Bonchev–Trinajstić information content (AvgIpc) is 3.07. The molecule has 0 radical (unpaired) electrons. The minimum atomic E-state index is -5.20. The first-order valence-corrected chi connectivity index (χ1v) is 10.7. The highest BCUT2D eigenvalue weighted by Gasteiger charge is 2.60. The van der Waals surface area contributed by atoms with Gasteiger partial charge in [0.2, 0.25) is 5.54 Å². The van der Waals surface area contributed by atoms with Crippen molar-refractivity contribution in [2.75, 3.05) is 6.61 Å². The largest absolute Gasteiger partial charge is 0.480 e. The van der Waals surface area contributed by atoms with E-state index in [9.17, 15) is 32.7 Å². The summed E-state index contributed by atoms with van der Waals surface area (Å²) < 4.78 is 46.8. The first-order valence-electron chi connectivity index (χ1n) is 10.7. The number of carbonyl (C=O) groups excluding carboxylic acids is 2. The lowest BCUT2D eigenvalue weighted by Crippen LogP contribution is -2.70. The zero-order valence-corrected chi connectivity index (χ0v) is 18.2. The predicted octanol–water partition coefficient (Wildman–Crippen LogP) is 3.97. The molecule has 0 aliphatic heterocycles. The molecule has 2 aliphatic carbocycles. The predicted molar refractivity (Wildman–Crippen MR) is 115 cm³/mol. The third-order valence-electron chi connectivity index (χ3n) is 6.69. The van der Waals surface area contributed by atoms with Gasteiger partial charge in [-0.25, -0.2) is 9.59 Å². The Hall–Kier alpha value is -3.56. The van der Waals surface area contributed by atoms with Gasteiger partial charge in [0, 0.05) is 5.92 Å². The van der Waals surface area contributed by atoms with Crippen molar-refractivity contribution in [1.82, 2.24) is 10.6 Å². The molecule has 4 rings (SSSR count). The zero-order chi connectivity index (χ0) is 24.7. The second kappa shape index (κ2) is 8.34. The summed E-state index contributed by atoms with van der Waals surface area (Å²) in [7, 11) is 0. The molecule has 2 amide bonds. The first kappa shape index (κ1) is 23.6. The third kappa shape index (κ3) is 3.86. The molecule has 0 spiro atoms. The van der Waals surface area contributed by atoms with Gasteiger partial charge in [-0.05, 0) is 48.4 Å². The summed E-state index contributed by atoms with van der Waals surface area (Å²) in [4.78, 5) is 36.5. The topological polar surface area (TPSA) is 105 Å². The molecule has 1 fully saturated rings. The van der Waals surface area contributed by atoms with Crippen LogP contribution >= 0.6 is 0 Å². The normalized spacial score (nSPS) is 18.0. The molecule has 1 unspecified atom stereocenters. The van der Waals surface area contributed by atoms with Gasteiger partial charge in [-0.3, -0.25) is 10.1 Å². The monoisotopic (exact) mass is 476 g/mol. The maximum absolute atomic E-state index is 13.9. The summed E-state index contributed by atoms with van der Waals surface area (Å²) in [6, 6.07) is 14.9. The number of alkyl carbamates (subject to hydrolysis) is 1. The number of alkyl halides is 3.